The Hall–Kier alpha value is -1.28. The van der Waals surface area contributed by atoms with Gasteiger partial charge in [-0.15, -0.1) is 11.3 Å². The summed E-state index contributed by atoms with van der Waals surface area (Å²) in [6.07, 6.45) is -3.23. The first-order valence-electron chi connectivity index (χ1n) is 9.68. The number of nitrogens with zero attached hydrogens (tertiary/aromatic N) is 3. The highest BCUT2D eigenvalue weighted by molar-refractivity contribution is 7.10. The molecule has 0 saturated carbocycles. The number of guanidine groups is 1. The molecular formula is C19H31F3N4S. The van der Waals surface area contributed by atoms with Crippen LogP contribution >= 0.6 is 11.3 Å². The maximum atomic E-state index is 12.7. The topological polar surface area (TPSA) is 30.9 Å². The molecule has 0 aromatic carbocycles. The lowest BCUT2D eigenvalue weighted by atomic mass is 10.1. The van der Waals surface area contributed by atoms with E-state index in [4.69, 9.17) is 4.99 Å². The van der Waals surface area contributed by atoms with Crippen molar-refractivity contribution >= 4 is 17.3 Å². The van der Waals surface area contributed by atoms with Crippen LogP contribution in [0.25, 0.3) is 0 Å². The van der Waals surface area contributed by atoms with E-state index < -0.39 is 12.7 Å². The fourth-order valence-corrected chi connectivity index (χ4v) is 4.19. The van der Waals surface area contributed by atoms with Crippen LogP contribution < -0.4 is 5.32 Å². The molecule has 1 aromatic heterocycles. The van der Waals surface area contributed by atoms with Gasteiger partial charge in [0.25, 0.3) is 0 Å². The minimum Gasteiger partial charge on any atom is -0.357 e. The monoisotopic (exact) mass is 404 g/mol. The van der Waals surface area contributed by atoms with Gasteiger partial charge in [-0.05, 0) is 37.3 Å². The molecule has 1 aliphatic rings. The maximum Gasteiger partial charge on any atom is 0.401 e. The van der Waals surface area contributed by atoms with Gasteiger partial charge in [-0.25, -0.2) is 0 Å². The molecule has 0 amide bonds. The van der Waals surface area contributed by atoms with Crippen LogP contribution in [0.2, 0.25) is 0 Å². The van der Waals surface area contributed by atoms with Crippen molar-refractivity contribution in [1.29, 1.82) is 0 Å². The van der Waals surface area contributed by atoms with Crippen LogP contribution in [0.4, 0.5) is 13.2 Å². The first-order valence-corrected chi connectivity index (χ1v) is 10.6. The highest BCUT2D eigenvalue weighted by atomic mass is 32.1. The summed E-state index contributed by atoms with van der Waals surface area (Å²) in [5, 5.41) is 5.41. The van der Waals surface area contributed by atoms with Gasteiger partial charge in [0.15, 0.2) is 5.96 Å². The summed E-state index contributed by atoms with van der Waals surface area (Å²) in [5.41, 5.74) is 0. The van der Waals surface area contributed by atoms with E-state index in [1.807, 2.05) is 6.92 Å². The van der Waals surface area contributed by atoms with Crippen LogP contribution in [0.15, 0.2) is 22.5 Å². The number of alkyl halides is 3. The van der Waals surface area contributed by atoms with Crippen molar-refractivity contribution in [2.75, 3.05) is 45.8 Å². The van der Waals surface area contributed by atoms with Gasteiger partial charge in [0.2, 0.25) is 0 Å². The van der Waals surface area contributed by atoms with E-state index in [1.165, 1.54) is 9.78 Å². The zero-order valence-electron chi connectivity index (χ0n) is 16.4. The van der Waals surface area contributed by atoms with E-state index >= 15 is 0 Å². The van der Waals surface area contributed by atoms with Crippen LogP contribution in [0.1, 0.15) is 38.0 Å². The molecule has 1 aromatic rings. The predicted octanol–water partition coefficient (Wildman–Crippen LogP) is 4.02. The summed E-state index contributed by atoms with van der Waals surface area (Å²) >= 11 is 1.74. The molecule has 8 heteroatoms. The molecule has 2 rings (SSSR count). The van der Waals surface area contributed by atoms with Crippen molar-refractivity contribution in [2.45, 2.75) is 39.3 Å². The first kappa shape index (κ1) is 22.0. The SMILES string of the molecule is CCNC(=NCC(C)c1cccs1)N1CCC(CN(CC)CC(F)(F)F)C1. The Kier molecular flexibility index (Phi) is 8.41. The fourth-order valence-electron chi connectivity index (χ4n) is 3.41. The van der Waals surface area contributed by atoms with Gasteiger partial charge in [-0.1, -0.05) is 19.9 Å². The van der Waals surface area contributed by atoms with Gasteiger partial charge >= 0.3 is 6.18 Å². The van der Waals surface area contributed by atoms with Gasteiger partial charge in [-0.3, -0.25) is 9.89 Å². The van der Waals surface area contributed by atoms with Crippen LogP contribution in [0.5, 0.6) is 0 Å². The molecule has 4 nitrogen and oxygen atoms in total. The van der Waals surface area contributed by atoms with Crippen LogP contribution in [0, 0.1) is 5.92 Å². The van der Waals surface area contributed by atoms with Crippen molar-refractivity contribution in [2.24, 2.45) is 10.9 Å². The van der Waals surface area contributed by atoms with Crippen LogP contribution in [-0.2, 0) is 0 Å². The van der Waals surface area contributed by atoms with Crippen molar-refractivity contribution in [3.63, 3.8) is 0 Å². The number of aliphatic imine (C=N–C) groups is 1. The van der Waals surface area contributed by atoms with Crippen molar-refractivity contribution in [3.8, 4) is 0 Å². The summed E-state index contributed by atoms with van der Waals surface area (Å²) < 4.78 is 38.1. The van der Waals surface area contributed by atoms with Gasteiger partial charge < -0.3 is 10.2 Å². The maximum absolute atomic E-state index is 12.7. The normalized spacial score (nSPS) is 19.7. The van der Waals surface area contributed by atoms with E-state index in [9.17, 15) is 13.2 Å². The number of halogens is 3. The second-order valence-electron chi connectivity index (χ2n) is 7.15. The summed E-state index contributed by atoms with van der Waals surface area (Å²) in [5.74, 6) is 1.48. The number of thiophene rings is 1. The smallest absolute Gasteiger partial charge is 0.357 e. The quantitative estimate of drug-likeness (QED) is 0.524. The molecular weight excluding hydrogens is 373 g/mol. The largest absolute Gasteiger partial charge is 0.401 e. The van der Waals surface area contributed by atoms with E-state index in [1.54, 1.807) is 18.3 Å². The molecule has 0 radical (unpaired) electrons. The number of hydrogen-bond acceptors (Lipinski definition) is 3. The second kappa shape index (κ2) is 10.3. The fraction of sp³-hybridized carbons (Fsp3) is 0.737. The lowest BCUT2D eigenvalue weighted by Gasteiger charge is -2.26. The third-order valence-corrected chi connectivity index (χ3v) is 5.93. The molecule has 2 atom stereocenters. The average molecular weight is 405 g/mol. The highest BCUT2D eigenvalue weighted by Crippen LogP contribution is 2.23. The molecule has 1 fully saturated rings. The van der Waals surface area contributed by atoms with Gasteiger partial charge in [-0.2, -0.15) is 13.2 Å². The van der Waals surface area contributed by atoms with Gasteiger partial charge in [0, 0.05) is 37.0 Å². The van der Waals surface area contributed by atoms with E-state index in [2.05, 4.69) is 34.7 Å². The molecule has 154 valence electrons. The Morgan fingerprint density at radius 2 is 2.22 bits per heavy atom. The summed E-state index contributed by atoms with van der Waals surface area (Å²) in [6, 6.07) is 4.18. The Balaban J connectivity index is 1.91. The molecule has 1 saturated heterocycles. The average Bonchev–Trinajstić information content (AvgIpc) is 3.28. The molecule has 0 bridgehead atoms. The molecule has 0 spiro atoms. The van der Waals surface area contributed by atoms with Gasteiger partial charge in [0.1, 0.15) is 0 Å². The third-order valence-electron chi connectivity index (χ3n) is 4.83. The predicted molar refractivity (Wildman–Crippen MR) is 107 cm³/mol. The number of rotatable bonds is 8. The zero-order valence-corrected chi connectivity index (χ0v) is 17.2. The lowest BCUT2D eigenvalue weighted by molar-refractivity contribution is -0.146. The summed E-state index contributed by atoms with van der Waals surface area (Å²) in [6.45, 7) is 9.15. The molecule has 1 N–H and O–H groups in total. The Bertz CT molecular complexity index is 574. The minimum absolute atomic E-state index is 0.242. The van der Waals surface area contributed by atoms with E-state index in [-0.39, 0.29) is 5.92 Å². The lowest BCUT2D eigenvalue weighted by Crippen LogP contribution is -2.42. The molecule has 2 heterocycles. The number of hydrogen-bond donors (Lipinski definition) is 1. The van der Waals surface area contributed by atoms with Crippen molar-refractivity contribution in [3.05, 3.63) is 22.4 Å². The third kappa shape index (κ3) is 7.33. The van der Waals surface area contributed by atoms with E-state index in [0.717, 1.165) is 32.0 Å². The van der Waals surface area contributed by atoms with Crippen LogP contribution in [0.3, 0.4) is 0 Å². The van der Waals surface area contributed by atoms with Crippen molar-refractivity contribution < 1.29 is 13.2 Å². The van der Waals surface area contributed by atoms with Gasteiger partial charge in [0.05, 0.1) is 13.1 Å². The van der Waals surface area contributed by atoms with Crippen molar-refractivity contribution in [1.82, 2.24) is 15.1 Å². The highest BCUT2D eigenvalue weighted by Gasteiger charge is 2.33. The number of nitrogens with one attached hydrogen (secondary N) is 1. The Morgan fingerprint density at radius 1 is 1.44 bits per heavy atom. The van der Waals surface area contributed by atoms with E-state index in [0.29, 0.717) is 25.6 Å². The molecule has 1 aliphatic heterocycles. The molecule has 0 aliphatic carbocycles. The summed E-state index contributed by atoms with van der Waals surface area (Å²) in [4.78, 5) is 9.80. The molecule has 2 unspecified atom stereocenters. The Morgan fingerprint density at radius 3 is 2.81 bits per heavy atom. The Labute approximate surface area is 164 Å². The summed E-state index contributed by atoms with van der Waals surface area (Å²) in [7, 11) is 0. The first-order chi connectivity index (χ1) is 12.8. The zero-order chi connectivity index (χ0) is 19.9. The second-order valence-corrected chi connectivity index (χ2v) is 8.13. The van der Waals surface area contributed by atoms with Crippen LogP contribution in [-0.4, -0.2) is 67.7 Å². The standard InChI is InChI=1S/C19H31F3N4S/c1-4-23-18(24-11-15(3)17-7-6-10-27-17)26-9-8-16(13-26)12-25(5-2)14-19(20,21)22/h6-7,10,15-16H,4-5,8-9,11-14H2,1-3H3,(H,23,24). The molecule has 27 heavy (non-hydrogen) atoms. The minimum atomic E-state index is -4.14. The number of likely N-dealkylation sites (tertiary alicyclic amines) is 1.